The van der Waals surface area contributed by atoms with Crippen LogP contribution in [0.5, 0.6) is 0 Å². The molecule has 3 aliphatic heterocycles. The fourth-order valence-electron chi connectivity index (χ4n) is 15.7. The molecule has 11 atom stereocenters. The van der Waals surface area contributed by atoms with Crippen molar-refractivity contribution < 1.29 is 19.1 Å². The van der Waals surface area contributed by atoms with Gasteiger partial charge < -0.3 is 14.8 Å². The number of allylic oxidation sites excluding steroid dienone is 3. The van der Waals surface area contributed by atoms with Crippen LogP contribution in [0.1, 0.15) is 143 Å². The monoisotopic (exact) mass is 782 g/mol. The highest BCUT2D eigenvalue weighted by atomic mass is 16.6. The van der Waals surface area contributed by atoms with Crippen molar-refractivity contribution in [1.82, 2.24) is 15.1 Å². The van der Waals surface area contributed by atoms with Crippen molar-refractivity contribution in [3.8, 4) is 0 Å². The van der Waals surface area contributed by atoms with Crippen molar-refractivity contribution >= 4 is 17.6 Å². The average molecular weight is 782 g/mol. The summed E-state index contributed by atoms with van der Waals surface area (Å²) in [6.07, 6.45) is 13.9. The van der Waals surface area contributed by atoms with Gasteiger partial charge >= 0.3 is 12.1 Å². The second-order valence-electron chi connectivity index (χ2n) is 22.5. The van der Waals surface area contributed by atoms with E-state index in [0.717, 1.165) is 32.6 Å². The molecule has 1 amide bonds. The minimum atomic E-state index is -0.464. The lowest BCUT2D eigenvalue weighted by molar-refractivity contribution is -0.219. The molecule has 0 spiro atoms. The highest BCUT2D eigenvalue weighted by Gasteiger charge is 2.70. The SMILES string of the molecule is C=C(C)C1CCC2(NCCN3CC4C(C)C(C3)N4C(=O)OC(C)(C)C)CCC3(C)C(CCC4C5(C)CC=C(c6ccc(C(=O)OC)cc6)C(C)(C)C5CCC43C)C12. The third-order valence-electron chi connectivity index (χ3n) is 18.6. The van der Waals surface area contributed by atoms with E-state index in [2.05, 4.69) is 83.5 Å². The van der Waals surface area contributed by atoms with Crippen LogP contribution >= 0.6 is 0 Å². The minimum Gasteiger partial charge on any atom is -0.465 e. The second kappa shape index (κ2) is 14.0. The summed E-state index contributed by atoms with van der Waals surface area (Å²) in [5, 5.41) is 4.35. The van der Waals surface area contributed by atoms with E-state index in [1.54, 1.807) is 0 Å². The van der Waals surface area contributed by atoms with Crippen LogP contribution in [-0.4, -0.2) is 78.4 Å². The van der Waals surface area contributed by atoms with Crippen molar-refractivity contribution in [2.75, 3.05) is 33.3 Å². The lowest BCUT2D eigenvalue weighted by atomic mass is 9.33. The molecule has 0 aromatic heterocycles. The van der Waals surface area contributed by atoms with Gasteiger partial charge in [0.1, 0.15) is 5.60 Å². The number of rotatable bonds is 7. The number of carbonyl (C=O) groups excluding carboxylic acids is 2. The molecular formula is C50H75N3O4. The zero-order valence-electron chi connectivity index (χ0n) is 37.4. The number of ether oxygens (including phenoxy) is 2. The molecule has 5 aliphatic carbocycles. The van der Waals surface area contributed by atoms with Crippen LogP contribution in [0.2, 0.25) is 0 Å². The first-order valence-electron chi connectivity index (χ1n) is 22.7. The summed E-state index contributed by atoms with van der Waals surface area (Å²) in [5.74, 6) is 3.49. The standard InChI is InChI=1S/C50H75N3O4/c1-31(2)35-19-24-50(51-27-28-52-29-38-32(3)39(30-52)53(38)44(55)57-45(4,5)6)26-25-48(10)37(42(35)50)17-18-41-47(9)22-20-36(33-13-15-34(16-14-33)43(54)56-12)46(7,8)40(47)21-23-49(41,48)11/h13-16,20,32,35,37-42,51H,1,17-19,21-30H2,2-12H3. The number of piperidine rings is 1. The zero-order chi connectivity index (χ0) is 41.1. The third kappa shape index (κ3) is 6.23. The zero-order valence-corrected chi connectivity index (χ0v) is 37.4. The largest absolute Gasteiger partial charge is 0.465 e. The van der Waals surface area contributed by atoms with E-state index < -0.39 is 5.60 Å². The van der Waals surface area contributed by atoms with E-state index in [1.807, 2.05) is 37.8 Å². The molecule has 4 saturated carbocycles. The van der Waals surface area contributed by atoms with Crippen LogP contribution in [0.3, 0.4) is 0 Å². The van der Waals surface area contributed by atoms with Crippen molar-refractivity contribution in [2.24, 2.45) is 57.2 Å². The van der Waals surface area contributed by atoms with Gasteiger partial charge in [-0.2, -0.15) is 0 Å². The lowest BCUT2D eigenvalue weighted by Crippen LogP contribution is -2.75. The van der Waals surface area contributed by atoms with Gasteiger partial charge in [-0.25, -0.2) is 9.59 Å². The number of nitrogens with one attached hydrogen (secondary N) is 1. The maximum atomic E-state index is 13.1. The van der Waals surface area contributed by atoms with Crippen molar-refractivity contribution in [1.29, 1.82) is 0 Å². The molecule has 2 bridgehead atoms. The topological polar surface area (TPSA) is 71.1 Å². The normalized spacial score (nSPS) is 42.0. The number of hydrogen-bond acceptors (Lipinski definition) is 6. The summed E-state index contributed by atoms with van der Waals surface area (Å²) in [5.41, 5.74) is 5.31. The molecule has 3 heterocycles. The number of methoxy groups -OCH3 is 1. The van der Waals surface area contributed by atoms with Gasteiger partial charge in [-0.3, -0.25) is 9.80 Å². The van der Waals surface area contributed by atoms with Crippen LogP contribution in [-0.2, 0) is 9.47 Å². The Balaban J connectivity index is 0.989. The van der Waals surface area contributed by atoms with Crippen molar-refractivity contribution in [3.05, 3.63) is 53.6 Å². The smallest absolute Gasteiger partial charge is 0.410 e. The Labute approximate surface area is 345 Å². The molecule has 9 rings (SSSR count). The highest BCUT2D eigenvalue weighted by molar-refractivity contribution is 5.90. The number of esters is 1. The summed E-state index contributed by atoms with van der Waals surface area (Å²) < 4.78 is 10.8. The predicted octanol–water partition coefficient (Wildman–Crippen LogP) is 10.4. The summed E-state index contributed by atoms with van der Waals surface area (Å²) in [6, 6.07) is 8.65. The highest BCUT2D eigenvalue weighted by Crippen LogP contribution is 2.76. The summed E-state index contributed by atoms with van der Waals surface area (Å²) >= 11 is 0. The number of carbonyl (C=O) groups is 2. The maximum absolute atomic E-state index is 13.1. The lowest BCUT2D eigenvalue weighted by Gasteiger charge is -2.72. The van der Waals surface area contributed by atoms with Crippen LogP contribution < -0.4 is 5.32 Å². The van der Waals surface area contributed by atoms with Gasteiger partial charge in [0.25, 0.3) is 0 Å². The fraction of sp³-hybridized carbons (Fsp3) is 0.760. The molecule has 7 fully saturated rings. The molecule has 314 valence electrons. The molecule has 0 radical (unpaired) electrons. The number of hydrogen-bond donors (Lipinski definition) is 1. The van der Waals surface area contributed by atoms with Gasteiger partial charge in [-0.05, 0) is 166 Å². The van der Waals surface area contributed by atoms with Gasteiger partial charge in [-0.1, -0.05) is 71.9 Å². The second-order valence-corrected chi connectivity index (χ2v) is 22.5. The Morgan fingerprint density at radius 3 is 2.21 bits per heavy atom. The Bertz CT molecular complexity index is 1780. The Morgan fingerprint density at radius 2 is 1.58 bits per heavy atom. The molecule has 7 nitrogen and oxygen atoms in total. The summed E-state index contributed by atoms with van der Waals surface area (Å²) in [6.45, 7) is 32.3. The van der Waals surface area contributed by atoms with Crippen LogP contribution in [0.4, 0.5) is 4.79 Å². The fourth-order valence-corrected chi connectivity index (χ4v) is 15.7. The van der Waals surface area contributed by atoms with Crippen LogP contribution in [0, 0.1) is 57.2 Å². The Kier molecular flexibility index (Phi) is 10.1. The molecule has 1 aromatic rings. The van der Waals surface area contributed by atoms with Gasteiger partial charge in [-0.15, -0.1) is 0 Å². The Hall–Kier alpha value is -2.64. The first kappa shape index (κ1) is 41.1. The first-order chi connectivity index (χ1) is 26.7. The quantitative estimate of drug-likeness (QED) is 0.219. The van der Waals surface area contributed by atoms with Gasteiger partial charge in [0.05, 0.1) is 24.8 Å². The maximum Gasteiger partial charge on any atom is 0.410 e. The van der Waals surface area contributed by atoms with Gasteiger partial charge in [0.2, 0.25) is 0 Å². The molecular weight excluding hydrogens is 707 g/mol. The third-order valence-corrected chi connectivity index (χ3v) is 18.6. The molecule has 7 heteroatoms. The van der Waals surface area contributed by atoms with Crippen LogP contribution in [0.15, 0.2) is 42.5 Å². The van der Waals surface area contributed by atoms with E-state index in [9.17, 15) is 9.59 Å². The number of piperazine rings is 1. The summed E-state index contributed by atoms with van der Waals surface area (Å²) in [4.78, 5) is 29.9. The van der Waals surface area contributed by atoms with Gasteiger partial charge in [0, 0.05) is 31.7 Å². The molecule has 1 aromatic carbocycles. The van der Waals surface area contributed by atoms with Crippen molar-refractivity contribution in [3.63, 3.8) is 0 Å². The molecule has 1 N–H and O–H groups in total. The van der Waals surface area contributed by atoms with E-state index in [4.69, 9.17) is 9.47 Å². The van der Waals surface area contributed by atoms with E-state index in [1.165, 1.54) is 75.2 Å². The minimum absolute atomic E-state index is 0.0436. The average Bonchev–Trinajstić information content (AvgIpc) is 3.53. The van der Waals surface area contributed by atoms with E-state index in [0.29, 0.717) is 51.9 Å². The Morgan fingerprint density at radius 1 is 0.895 bits per heavy atom. The number of nitrogens with zero attached hydrogens (tertiary/aromatic N) is 2. The van der Waals surface area contributed by atoms with E-state index >= 15 is 0 Å². The summed E-state index contributed by atoms with van der Waals surface area (Å²) in [7, 11) is 1.45. The predicted molar refractivity (Wildman–Crippen MR) is 230 cm³/mol. The van der Waals surface area contributed by atoms with Crippen molar-refractivity contribution in [2.45, 2.75) is 150 Å². The van der Waals surface area contributed by atoms with E-state index in [-0.39, 0.29) is 40.5 Å². The van der Waals surface area contributed by atoms with Crippen LogP contribution in [0.25, 0.3) is 5.57 Å². The van der Waals surface area contributed by atoms with Gasteiger partial charge in [0.15, 0.2) is 0 Å². The first-order valence-corrected chi connectivity index (χ1v) is 22.7. The number of fused-ring (bicyclic) bond motifs is 9. The molecule has 57 heavy (non-hydrogen) atoms. The number of amides is 1. The number of benzene rings is 1. The molecule has 11 unspecified atom stereocenters. The molecule has 3 saturated heterocycles. The molecule has 8 aliphatic rings.